The molecule has 3 aliphatic rings. The predicted molar refractivity (Wildman–Crippen MR) is 88.3 cm³/mol. The fraction of sp³-hybridized carbons (Fsp3) is 0.588. The highest BCUT2D eigenvalue weighted by atomic mass is 32.2. The van der Waals surface area contributed by atoms with Crippen LogP contribution in [0.1, 0.15) is 43.5 Å². The molecule has 6 heteroatoms. The molecular weight excluding hydrogens is 312 g/mol. The Bertz CT molecular complexity index is 713. The number of carbonyl (C=O) groups excluding carboxylic acids is 1. The Morgan fingerprint density at radius 1 is 1.22 bits per heavy atom. The molecule has 0 saturated heterocycles. The zero-order chi connectivity index (χ0) is 16.8. The SMILES string of the molecule is CC1(C)C2CC(CNS(=O)(=O)c3ccccc3C(N)=O)CC1C2. The first-order valence-corrected chi connectivity index (χ1v) is 9.58. The highest BCUT2D eigenvalue weighted by molar-refractivity contribution is 7.89. The van der Waals surface area contributed by atoms with Gasteiger partial charge in [0.1, 0.15) is 0 Å². The van der Waals surface area contributed by atoms with Crippen LogP contribution in [0.5, 0.6) is 0 Å². The number of nitrogens with one attached hydrogen (secondary N) is 1. The van der Waals surface area contributed by atoms with Crippen molar-refractivity contribution in [1.29, 1.82) is 0 Å². The second kappa shape index (κ2) is 5.60. The Labute approximate surface area is 137 Å². The number of fused-ring (bicyclic) bond motifs is 2. The third-order valence-electron chi connectivity index (χ3n) is 5.91. The van der Waals surface area contributed by atoms with Crippen molar-refractivity contribution in [3.05, 3.63) is 29.8 Å². The lowest BCUT2D eigenvalue weighted by Crippen LogP contribution is -2.52. The van der Waals surface area contributed by atoms with E-state index in [2.05, 4.69) is 18.6 Å². The Morgan fingerprint density at radius 3 is 2.39 bits per heavy atom. The molecule has 0 aliphatic heterocycles. The van der Waals surface area contributed by atoms with Crippen molar-refractivity contribution in [3.63, 3.8) is 0 Å². The van der Waals surface area contributed by atoms with E-state index < -0.39 is 15.9 Å². The van der Waals surface area contributed by atoms with Crippen LogP contribution >= 0.6 is 0 Å². The number of carbonyl (C=O) groups is 1. The molecule has 4 rings (SSSR count). The first-order valence-electron chi connectivity index (χ1n) is 8.10. The van der Waals surface area contributed by atoms with Crippen molar-refractivity contribution >= 4 is 15.9 Å². The second-order valence-corrected chi connectivity index (χ2v) is 9.24. The summed E-state index contributed by atoms with van der Waals surface area (Å²) in [6.07, 6.45) is 3.42. The van der Waals surface area contributed by atoms with Gasteiger partial charge in [0.25, 0.3) is 0 Å². The molecule has 2 unspecified atom stereocenters. The highest BCUT2D eigenvalue weighted by Gasteiger charge is 2.52. The van der Waals surface area contributed by atoms with Crippen LogP contribution < -0.4 is 10.5 Å². The van der Waals surface area contributed by atoms with Gasteiger partial charge < -0.3 is 5.73 Å². The number of benzene rings is 1. The van der Waals surface area contributed by atoms with Gasteiger partial charge in [-0.05, 0) is 54.6 Å². The van der Waals surface area contributed by atoms with Gasteiger partial charge in [0.2, 0.25) is 15.9 Å². The molecule has 1 amide bonds. The number of nitrogens with two attached hydrogens (primary N) is 1. The quantitative estimate of drug-likeness (QED) is 0.863. The molecule has 126 valence electrons. The normalized spacial score (nSPS) is 28.9. The van der Waals surface area contributed by atoms with E-state index in [1.54, 1.807) is 12.1 Å². The fourth-order valence-electron chi connectivity index (χ4n) is 4.20. The van der Waals surface area contributed by atoms with Gasteiger partial charge in [-0.1, -0.05) is 26.0 Å². The van der Waals surface area contributed by atoms with Crippen LogP contribution in [0.4, 0.5) is 0 Å². The van der Waals surface area contributed by atoms with Crippen LogP contribution in [0.2, 0.25) is 0 Å². The van der Waals surface area contributed by atoms with Crippen molar-refractivity contribution in [2.24, 2.45) is 28.9 Å². The maximum absolute atomic E-state index is 12.5. The lowest BCUT2D eigenvalue weighted by Gasteiger charge is -2.59. The first-order chi connectivity index (χ1) is 10.7. The van der Waals surface area contributed by atoms with Gasteiger partial charge in [-0.15, -0.1) is 0 Å². The summed E-state index contributed by atoms with van der Waals surface area (Å²) in [5, 5.41) is 0. The number of amides is 1. The van der Waals surface area contributed by atoms with Gasteiger partial charge >= 0.3 is 0 Å². The maximum Gasteiger partial charge on any atom is 0.250 e. The van der Waals surface area contributed by atoms with E-state index in [0.717, 1.165) is 12.8 Å². The maximum atomic E-state index is 12.5. The van der Waals surface area contributed by atoms with E-state index in [1.165, 1.54) is 18.6 Å². The molecule has 0 radical (unpaired) electrons. The van der Waals surface area contributed by atoms with Gasteiger partial charge in [0.05, 0.1) is 10.5 Å². The largest absolute Gasteiger partial charge is 0.366 e. The molecule has 3 aliphatic carbocycles. The van der Waals surface area contributed by atoms with Gasteiger partial charge in [-0.2, -0.15) is 0 Å². The molecule has 3 N–H and O–H groups in total. The van der Waals surface area contributed by atoms with Gasteiger partial charge in [-0.25, -0.2) is 13.1 Å². The Hall–Kier alpha value is -1.40. The highest BCUT2D eigenvalue weighted by Crippen LogP contribution is 2.60. The van der Waals surface area contributed by atoms with Gasteiger partial charge in [0, 0.05) is 6.54 Å². The summed E-state index contributed by atoms with van der Waals surface area (Å²) < 4.78 is 27.7. The van der Waals surface area contributed by atoms with Crippen molar-refractivity contribution in [2.75, 3.05) is 6.54 Å². The van der Waals surface area contributed by atoms with E-state index in [0.29, 0.717) is 29.7 Å². The lowest BCUT2D eigenvalue weighted by atomic mass is 9.47. The van der Waals surface area contributed by atoms with Crippen LogP contribution in [-0.2, 0) is 10.0 Å². The van der Waals surface area contributed by atoms with E-state index in [4.69, 9.17) is 5.73 Å². The van der Waals surface area contributed by atoms with Crippen LogP contribution in [0.15, 0.2) is 29.2 Å². The zero-order valence-electron chi connectivity index (χ0n) is 13.6. The number of hydrogen-bond acceptors (Lipinski definition) is 3. The molecule has 1 aromatic carbocycles. The molecule has 3 saturated carbocycles. The van der Waals surface area contributed by atoms with E-state index in [9.17, 15) is 13.2 Å². The standard InChI is InChI=1S/C17H24N2O3S/c1-17(2)12-7-11(8-13(17)9-12)10-19-23(21,22)15-6-4-3-5-14(15)16(18)20/h3-6,11-13,19H,7-10H2,1-2H3,(H2,18,20). The molecule has 0 heterocycles. The van der Waals surface area contributed by atoms with E-state index in [-0.39, 0.29) is 10.5 Å². The van der Waals surface area contributed by atoms with Gasteiger partial charge in [-0.3, -0.25) is 4.79 Å². The molecule has 3 fully saturated rings. The van der Waals surface area contributed by atoms with E-state index >= 15 is 0 Å². The van der Waals surface area contributed by atoms with Gasteiger partial charge in [0.15, 0.2) is 0 Å². The van der Waals surface area contributed by atoms with Crippen molar-refractivity contribution in [3.8, 4) is 0 Å². The summed E-state index contributed by atoms with van der Waals surface area (Å²) in [4.78, 5) is 11.4. The molecule has 2 atom stereocenters. The average molecular weight is 336 g/mol. The van der Waals surface area contributed by atoms with Crippen molar-refractivity contribution < 1.29 is 13.2 Å². The summed E-state index contributed by atoms with van der Waals surface area (Å²) >= 11 is 0. The monoisotopic (exact) mass is 336 g/mol. The minimum absolute atomic E-state index is 0.0335. The summed E-state index contributed by atoms with van der Waals surface area (Å²) in [6, 6.07) is 6.06. The molecule has 0 spiro atoms. The zero-order valence-corrected chi connectivity index (χ0v) is 14.4. The van der Waals surface area contributed by atoms with Crippen LogP contribution in [-0.4, -0.2) is 20.9 Å². The summed E-state index contributed by atoms with van der Waals surface area (Å²) in [5.74, 6) is 1.05. The van der Waals surface area contributed by atoms with E-state index in [1.807, 2.05) is 0 Å². The van der Waals surface area contributed by atoms with Crippen molar-refractivity contribution in [2.45, 2.75) is 38.0 Å². The summed E-state index contributed by atoms with van der Waals surface area (Å²) in [6.45, 7) is 5.06. The Balaban J connectivity index is 1.68. The summed E-state index contributed by atoms with van der Waals surface area (Å²) in [7, 11) is -3.72. The second-order valence-electron chi connectivity index (χ2n) is 7.50. The first kappa shape index (κ1) is 16.5. The molecule has 0 aromatic heterocycles. The molecule has 5 nitrogen and oxygen atoms in total. The lowest BCUT2D eigenvalue weighted by molar-refractivity contribution is -0.0883. The van der Waals surface area contributed by atoms with Crippen LogP contribution in [0.3, 0.4) is 0 Å². The number of sulfonamides is 1. The van der Waals surface area contributed by atoms with Crippen LogP contribution in [0.25, 0.3) is 0 Å². The smallest absolute Gasteiger partial charge is 0.250 e. The minimum Gasteiger partial charge on any atom is -0.366 e. The van der Waals surface area contributed by atoms with Crippen molar-refractivity contribution in [1.82, 2.24) is 4.72 Å². The average Bonchev–Trinajstić information content (AvgIpc) is 2.53. The third kappa shape index (κ3) is 2.90. The Morgan fingerprint density at radius 2 is 1.83 bits per heavy atom. The molecular formula is C17H24N2O3S. The summed E-state index contributed by atoms with van der Waals surface area (Å²) in [5.41, 5.74) is 5.72. The number of hydrogen-bond donors (Lipinski definition) is 2. The number of primary amides is 1. The minimum atomic E-state index is -3.72. The third-order valence-corrected chi connectivity index (χ3v) is 7.39. The topological polar surface area (TPSA) is 89.3 Å². The molecule has 23 heavy (non-hydrogen) atoms. The van der Waals surface area contributed by atoms with Crippen LogP contribution in [0, 0.1) is 23.2 Å². The fourth-order valence-corrected chi connectivity index (χ4v) is 5.53. The molecule has 2 bridgehead atoms. The molecule has 1 aromatic rings. The number of rotatable bonds is 5. The predicted octanol–water partition coefficient (Wildman–Crippen LogP) is 2.14. The Kier molecular flexibility index (Phi) is 4.01.